The monoisotopic (exact) mass is 531 g/mol. The molecule has 1 amide bonds. The molecular formula is C27H19Cl2N5OS. The van der Waals surface area contributed by atoms with Crippen LogP contribution in [0.25, 0.3) is 27.8 Å². The van der Waals surface area contributed by atoms with E-state index in [0.717, 1.165) is 27.6 Å². The normalized spacial score (nSPS) is 11.3. The summed E-state index contributed by atoms with van der Waals surface area (Å²) >= 11 is 13.4. The molecule has 0 unspecified atom stereocenters. The van der Waals surface area contributed by atoms with Crippen molar-refractivity contribution >= 4 is 57.9 Å². The molecule has 4 aromatic carbocycles. The number of carbonyl (C=O) groups is 1. The van der Waals surface area contributed by atoms with Gasteiger partial charge in [0, 0.05) is 26.9 Å². The number of benzene rings is 4. The predicted octanol–water partition coefficient (Wildman–Crippen LogP) is 6.64. The standard InChI is InChI=1S/C27H19Cl2N5OS/c28-21-10-8-19(9-11-21)26-32-33-27(34(26)23-14-12-22(29)13-15-23)36-17-25(35)31-30-16-20-6-3-5-18-4-1-2-7-24(18)20/h1-16H,17H2,(H,31,35)/b30-16+. The van der Waals surface area contributed by atoms with E-state index in [9.17, 15) is 4.79 Å². The number of rotatable bonds is 7. The van der Waals surface area contributed by atoms with Crippen molar-refractivity contribution < 1.29 is 4.79 Å². The van der Waals surface area contributed by atoms with Gasteiger partial charge in [-0.05, 0) is 59.3 Å². The Balaban J connectivity index is 1.33. The average Bonchev–Trinajstić information content (AvgIpc) is 3.32. The van der Waals surface area contributed by atoms with Crippen LogP contribution in [0.3, 0.4) is 0 Å². The lowest BCUT2D eigenvalue weighted by atomic mass is 10.1. The average molecular weight is 532 g/mol. The number of amides is 1. The van der Waals surface area contributed by atoms with Gasteiger partial charge in [-0.2, -0.15) is 5.10 Å². The molecule has 0 spiro atoms. The summed E-state index contributed by atoms with van der Waals surface area (Å²) in [6.45, 7) is 0. The molecule has 0 radical (unpaired) electrons. The van der Waals surface area contributed by atoms with E-state index < -0.39 is 0 Å². The Bertz CT molecular complexity index is 1540. The van der Waals surface area contributed by atoms with Crippen molar-refractivity contribution in [2.45, 2.75) is 5.16 Å². The number of nitrogens with zero attached hydrogens (tertiary/aromatic N) is 4. The molecule has 5 aromatic rings. The van der Waals surface area contributed by atoms with Crippen LogP contribution >= 0.6 is 35.0 Å². The maximum absolute atomic E-state index is 12.5. The number of hydrogen-bond donors (Lipinski definition) is 1. The molecule has 0 aliphatic carbocycles. The largest absolute Gasteiger partial charge is 0.272 e. The summed E-state index contributed by atoms with van der Waals surface area (Å²) in [7, 11) is 0. The minimum Gasteiger partial charge on any atom is -0.272 e. The fraction of sp³-hybridized carbons (Fsp3) is 0.0370. The molecule has 0 saturated carbocycles. The van der Waals surface area contributed by atoms with Crippen molar-refractivity contribution in [2.75, 3.05) is 5.75 Å². The van der Waals surface area contributed by atoms with Gasteiger partial charge in [-0.25, -0.2) is 5.43 Å². The topological polar surface area (TPSA) is 72.2 Å². The highest BCUT2D eigenvalue weighted by Gasteiger charge is 2.17. The number of carbonyl (C=O) groups excluding carboxylic acids is 1. The van der Waals surface area contributed by atoms with Crippen LogP contribution in [0.2, 0.25) is 10.0 Å². The minimum absolute atomic E-state index is 0.110. The first-order valence-corrected chi connectivity index (χ1v) is 12.7. The van der Waals surface area contributed by atoms with Gasteiger partial charge in [0.15, 0.2) is 11.0 Å². The first kappa shape index (κ1) is 24.1. The van der Waals surface area contributed by atoms with E-state index in [2.05, 4.69) is 20.7 Å². The van der Waals surface area contributed by atoms with E-state index in [4.69, 9.17) is 23.2 Å². The van der Waals surface area contributed by atoms with E-state index in [0.29, 0.717) is 21.0 Å². The van der Waals surface area contributed by atoms with E-state index in [1.54, 1.807) is 30.5 Å². The predicted molar refractivity (Wildman–Crippen MR) is 147 cm³/mol. The van der Waals surface area contributed by atoms with Crippen LogP contribution in [-0.2, 0) is 4.79 Å². The Labute approximate surface area is 222 Å². The first-order valence-electron chi connectivity index (χ1n) is 11.0. The van der Waals surface area contributed by atoms with Crippen LogP contribution < -0.4 is 5.43 Å². The lowest BCUT2D eigenvalue weighted by Crippen LogP contribution is -2.20. The number of thioether (sulfide) groups is 1. The van der Waals surface area contributed by atoms with E-state index in [-0.39, 0.29) is 11.7 Å². The highest BCUT2D eigenvalue weighted by atomic mass is 35.5. The van der Waals surface area contributed by atoms with Crippen LogP contribution in [0.15, 0.2) is 101 Å². The van der Waals surface area contributed by atoms with Crippen LogP contribution in [0.1, 0.15) is 5.56 Å². The zero-order valence-electron chi connectivity index (χ0n) is 18.8. The third-order valence-corrected chi connectivity index (χ3v) is 6.80. The minimum atomic E-state index is -0.254. The summed E-state index contributed by atoms with van der Waals surface area (Å²) < 4.78 is 1.89. The fourth-order valence-electron chi connectivity index (χ4n) is 3.67. The Hall–Kier alpha value is -3.65. The molecule has 1 heterocycles. The number of halogens is 2. The van der Waals surface area contributed by atoms with Gasteiger partial charge >= 0.3 is 0 Å². The molecule has 9 heteroatoms. The van der Waals surface area contributed by atoms with E-state index >= 15 is 0 Å². The van der Waals surface area contributed by atoms with Crippen molar-refractivity contribution in [1.82, 2.24) is 20.2 Å². The summed E-state index contributed by atoms with van der Waals surface area (Å²) in [5.74, 6) is 0.486. The first-order chi connectivity index (χ1) is 17.6. The van der Waals surface area contributed by atoms with Crippen LogP contribution in [-0.4, -0.2) is 32.6 Å². The lowest BCUT2D eigenvalue weighted by molar-refractivity contribution is -0.118. The highest BCUT2D eigenvalue weighted by molar-refractivity contribution is 7.99. The third-order valence-electron chi connectivity index (χ3n) is 5.37. The molecule has 1 aromatic heterocycles. The summed E-state index contributed by atoms with van der Waals surface area (Å²) in [5.41, 5.74) is 5.20. The number of nitrogens with one attached hydrogen (secondary N) is 1. The molecule has 178 valence electrons. The number of aromatic nitrogens is 3. The maximum atomic E-state index is 12.5. The maximum Gasteiger partial charge on any atom is 0.250 e. The molecular weight excluding hydrogens is 513 g/mol. The smallest absolute Gasteiger partial charge is 0.250 e. The van der Waals surface area contributed by atoms with Crippen molar-refractivity contribution in [1.29, 1.82) is 0 Å². The van der Waals surface area contributed by atoms with Crippen molar-refractivity contribution in [3.8, 4) is 17.1 Å². The molecule has 0 saturated heterocycles. The summed E-state index contributed by atoms with van der Waals surface area (Å²) in [5, 5.41) is 16.9. The van der Waals surface area contributed by atoms with Gasteiger partial charge in [-0.15, -0.1) is 10.2 Å². The second-order valence-corrected chi connectivity index (χ2v) is 9.59. The number of hydrazone groups is 1. The molecule has 0 aliphatic rings. The Morgan fingerprint density at radius 2 is 1.58 bits per heavy atom. The molecule has 0 bridgehead atoms. The van der Waals surface area contributed by atoms with Gasteiger partial charge in [0.1, 0.15) is 0 Å². The molecule has 0 fully saturated rings. The summed E-state index contributed by atoms with van der Waals surface area (Å²) in [4.78, 5) is 12.5. The SMILES string of the molecule is O=C(CSc1nnc(-c2ccc(Cl)cc2)n1-c1ccc(Cl)cc1)N/N=C/c1cccc2ccccc12. The van der Waals surface area contributed by atoms with E-state index in [1.165, 1.54) is 11.8 Å². The van der Waals surface area contributed by atoms with Crippen LogP contribution in [0.5, 0.6) is 0 Å². The summed E-state index contributed by atoms with van der Waals surface area (Å²) in [6, 6.07) is 28.7. The molecule has 5 rings (SSSR count). The quantitative estimate of drug-likeness (QED) is 0.145. The second-order valence-electron chi connectivity index (χ2n) is 7.78. The van der Waals surface area contributed by atoms with Gasteiger partial charge in [0.2, 0.25) is 0 Å². The molecule has 6 nitrogen and oxygen atoms in total. The highest BCUT2D eigenvalue weighted by Crippen LogP contribution is 2.29. The summed E-state index contributed by atoms with van der Waals surface area (Å²) in [6.07, 6.45) is 1.65. The Morgan fingerprint density at radius 1 is 0.889 bits per heavy atom. The molecule has 36 heavy (non-hydrogen) atoms. The van der Waals surface area contributed by atoms with Gasteiger partial charge in [0.25, 0.3) is 5.91 Å². The molecule has 0 aliphatic heterocycles. The van der Waals surface area contributed by atoms with Crippen molar-refractivity contribution in [2.24, 2.45) is 5.10 Å². The second kappa shape index (κ2) is 11.0. The number of hydrogen-bond acceptors (Lipinski definition) is 5. The lowest BCUT2D eigenvalue weighted by Gasteiger charge is -2.10. The van der Waals surface area contributed by atoms with Gasteiger partial charge in [-0.3, -0.25) is 9.36 Å². The van der Waals surface area contributed by atoms with Crippen LogP contribution in [0.4, 0.5) is 0 Å². The van der Waals surface area contributed by atoms with Crippen molar-refractivity contribution in [3.05, 3.63) is 107 Å². The Kier molecular flexibility index (Phi) is 7.32. The number of fused-ring (bicyclic) bond motifs is 1. The third kappa shape index (κ3) is 5.44. The van der Waals surface area contributed by atoms with Crippen LogP contribution in [0, 0.1) is 0 Å². The van der Waals surface area contributed by atoms with Gasteiger partial charge < -0.3 is 0 Å². The van der Waals surface area contributed by atoms with Gasteiger partial charge in [0.05, 0.1) is 12.0 Å². The zero-order chi connectivity index (χ0) is 24.9. The van der Waals surface area contributed by atoms with E-state index in [1.807, 2.05) is 71.3 Å². The van der Waals surface area contributed by atoms with Crippen molar-refractivity contribution in [3.63, 3.8) is 0 Å². The molecule has 1 N–H and O–H groups in total. The van der Waals surface area contributed by atoms with Gasteiger partial charge in [-0.1, -0.05) is 77.4 Å². The zero-order valence-corrected chi connectivity index (χ0v) is 21.1. The fourth-order valence-corrected chi connectivity index (χ4v) is 4.67. The Morgan fingerprint density at radius 3 is 2.36 bits per heavy atom. The molecule has 0 atom stereocenters.